The van der Waals surface area contributed by atoms with Crippen molar-refractivity contribution in [3.8, 4) is 5.75 Å². The predicted octanol–water partition coefficient (Wildman–Crippen LogP) is 3.75. The van der Waals surface area contributed by atoms with Gasteiger partial charge in [0.25, 0.3) is 0 Å². The summed E-state index contributed by atoms with van der Waals surface area (Å²) in [4.78, 5) is 18.2. The van der Waals surface area contributed by atoms with Gasteiger partial charge in [0.05, 0.1) is 17.1 Å². The first kappa shape index (κ1) is 15.3. The molecule has 0 saturated heterocycles. The Kier molecular flexibility index (Phi) is 4.44. The highest BCUT2D eigenvalue weighted by atomic mass is 35.5. The van der Waals surface area contributed by atoms with E-state index in [1.54, 1.807) is 18.2 Å². The summed E-state index contributed by atoms with van der Waals surface area (Å²) in [7, 11) is 1.47. The molecule has 0 amide bonds. The molecule has 1 N–H and O–H groups in total. The van der Waals surface area contributed by atoms with Crippen LogP contribution in [0.15, 0.2) is 18.2 Å². The number of methoxy groups -OCH3 is 1. The zero-order valence-electron chi connectivity index (χ0n) is 11.1. The number of ether oxygens (including phenoxy) is 1. The van der Waals surface area contributed by atoms with Crippen molar-refractivity contribution < 1.29 is 9.66 Å². The second kappa shape index (κ2) is 6.11. The van der Waals surface area contributed by atoms with Crippen molar-refractivity contribution in [2.45, 2.75) is 6.92 Å². The van der Waals surface area contributed by atoms with Crippen molar-refractivity contribution in [3.63, 3.8) is 0 Å². The zero-order valence-corrected chi connectivity index (χ0v) is 12.6. The van der Waals surface area contributed by atoms with Gasteiger partial charge in [-0.1, -0.05) is 11.6 Å². The van der Waals surface area contributed by atoms with Crippen LogP contribution in [0.5, 0.6) is 5.75 Å². The SMILES string of the molecule is COc1cc(Nc2nc(Cl)nc(C)c2[N+](=O)[O-])ccc1Cl. The Hall–Kier alpha value is -2.12. The first-order chi connectivity index (χ1) is 9.92. The van der Waals surface area contributed by atoms with Gasteiger partial charge in [-0.25, -0.2) is 4.98 Å². The minimum atomic E-state index is -0.568. The van der Waals surface area contributed by atoms with E-state index in [2.05, 4.69) is 15.3 Å². The molecular weight excluding hydrogens is 319 g/mol. The molecule has 1 heterocycles. The number of halogens is 2. The summed E-state index contributed by atoms with van der Waals surface area (Å²) >= 11 is 11.7. The maximum Gasteiger partial charge on any atom is 0.332 e. The van der Waals surface area contributed by atoms with Gasteiger partial charge in [0.15, 0.2) is 0 Å². The summed E-state index contributed by atoms with van der Waals surface area (Å²) in [5.41, 5.74) is 0.449. The average Bonchev–Trinajstić information content (AvgIpc) is 2.39. The number of hydrogen-bond donors (Lipinski definition) is 1. The lowest BCUT2D eigenvalue weighted by Crippen LogP contribution is -2.04. The largest absolute Gasteiger partial charge is 0.495 e. The first-order valence-corrected chi connectivity index (χ1v) is 6.47. The highest BCUT2D eigenvalue weighted by Gasteiger charge is 2.22. The van der Waals surface area contributed by atoms with Gasteiger partial charge in [0.1, 0.15) is 11.4 Å². The van der Waals surface area contributed by atoms with Crippen LogP contribution in [-0.2, 0) is 0 Å². The number of benzene rings is 1. The Labute approximate surface area is 130 Å². The number of rotatable bonds is 4. The van der Waals surface area contributed by atoms with E-state index in [-0.39, 0.29) is 22.5 Å². The van der Waals surface area contributed by atoms with Crippen molar-refractivity contribution in [1.82, 2.24) is 9.97 Å². The fourth-order valence-electron chi connectivity index (χ4n) is 1.71. The maximum absolute atomic E-state index is 11.1. The van der Waals surface area contributed by atoms with Crippen LogP contribution in [0.2, 0.25) is 10.3 Å². The van der Waals surface area contributed by atoms with Crippen LogP contribution in [0.1, 0.15) is 5.69 Å². The third kappa shape index (κ3) is 3.32. The van der Waals surface area contributed by atoms with E-state index < -0.39 is 4.92 Å². The van der Waals surface area contributed by atoms with E-state index in [9.17, 15) is 10.1 Å². The topological polar surface area (TPSA) is 90.2 Å². The molecule has 21 heavy (non-hydrogen) atoms. The third-order valence-corrected chi connectivity index (χ3v) is 3.11. The van der Waals surface area contributed by atoms with Crippen LogP contribution in [0.3, 0.4) is 0 Å². The van der Waals surface area contributed by atoms with Crippen molar-refractivity contribution in [2.24, 2.45) is 0 Å². The summed E-state index contributed by atoms with van der Waals surface area (Å²) in [5.74, 6) is 0.433. The number of aryl methyl sites for hydroxylation is 1. The number of nitrogens with one attached hydrogen (secondary N) is 1. The summed E-state index contributed by atoms with van der Waals surface area (Å²) in [6, 6.07) is 4.83. The number of hydrogen-bond acceptors (Lipinski definition) is 6. The van der Waals surface area contributed by atoms with E-state index in [4.69, 9.17) is 27.9 Å². The summed E-state index contributed by atoms with van der Waals surface area (Å²) in [6.45, 7) is 1.49. The van der Waals surface area contributed by atoms with Crippen LogP contribution in [0.4, 0.5) is 17.2 Å². The Morgan fingerprint density at radius 1 is 1.33 bits per heavy atom. The fourth-order valence-corrected chi connectivity index (χ4v) is 2.12. The smallest absolute Gasteiger partial charge is 0.332 e. The van der Waals surface area contributed by atoms with Gasteiger partial charge in [-0.2, -0.15) is 4.98 Å². The minimum absolute atomic E-state index is 0.00174. The van der Waals surface area contributed by atoms with Crippen LogP contribution in [0, 0.1) is 17.0 Å². The number of nitrogens with zero attached hydrogens (tertiary/aromatic N) is 3. The monoisotopic (exact) mass is 328 g/mol. The van der Waals surface area contributed by atoms with E-state index in [1.165, 1.54) is 14.0 Å². The Balaban J connectivity index is 2.46. The van der Waals surface area contributed by atoms with Crippen molar-refractivity contribution >= 4 is 40.4 Å². The van der Waals surface area contributed by atoms with E-state index in [0.29, 0.717) is 16.5 Å². The van der Waals surface area contributed by atoms with Gasteiger partial charge in [-0.05, 0) is 30.7 Å². The third-order valence-electron chi connectivity index (χ3n) is 2.63. The second-order valence-corrected chi connectivity index (χ2v) is 4.75. The lowest BCUT2D eigenvalue weighted by atomic mass is 10.3. The molecule has 0 saturated carbocycles. The highest BCUT2D eigenvalue weighted by Crippen LogP contribution is 2.32. The van der Waals surface area contributed by atoms with Crippen LogP contribution in [0.25, 0.3) is 0 Å². The fraction of sp³-hybridized carbons (Fsp3) is 0.167. The minimum Gasteiger partial charge on any atom is -0.495 e. The van der Waals surface area contributed by atoms with Gasteiger partial charge in [0.2, 0.25) is 11.1 Å². The Morgan fingerprint density at radius 3 is 2.67 bits per heavy atom. The van der Waals surface area contributed by atoms with E-state index >= 15 is 0 Å². The summed E-state index contributed by atoms with van der Waals surface area (Å²) in [5, 5.41) is 14.3. The Morgan fingerprint density at radius 2 is 2.05 bits per heavy atom. The summed E-state index contributed by atoms with van der Waals surface area (Å²) in [6.07, 6.45) is 0. The molecule has 0 aliphatic carbocycles. The van der Waals surface area contributed by atoms with Gasteiger partial charge in [-0.15, -0.1) is 0 Å². The molecular formula is C12H10Cl2N4O3. The first-order valence-electron chi connectivity index (χ1n) is 5.71. The van der Waals surface area contributed by atoms with Crippen LogP contribution >= 0.6 is 23.2 Å². The molecule has 7 nitrogen and oxygen atoms in total. The Bertz CT molecular complexity index is 709. The van der Waals surface area contributed by atoms with Gasteiger partial charge < -0.3 is 10.1 Å². The predicted molar refractivity (Wildman–Crippen MR) is 79.7 cm³/mol. The molecule has 0 atom stereocenters. The maximum atomic E-state index is 11.1. The molecule has 9 heteroatoms. The average molecular weight is 329 g/mol. The molecule has 1 aromatic heterocycles. The number of nitro groups is 1. The molecule has 0 spiro atoms. The van der Waals surface area contributed by atoms with Gasteiger partial charge in [0, 0.05) is 11.8 Å². The van der Waals surface area contributed by atoms with Crippen molar-refractivity contribution in [1.29, 1.82) is 0 Å². The molecule has 0 unspecified atom stereocenters. The molecule has 2 rings (SSSR count). The molecule has 0 bridgehead atoms. The van der Waals surface area contributed by atoms with Crippen molar-refractivity contribution in [2.75, 3.05) is 12.4 Å². The lowest BCUT2D eigenvalue weighted by Gasteiger charge is -2.10. The normalized spacial score (nSPS) is 10.3. The van der Waals surface area contributed by atoms with Crippen molar-refractivity contribution in [3.05, 3.63) is 44.3 Å². The molecule has 1 aromatic carbocycles. The quantitative estimate of drug-likeness (QED) is 0.522. The lowest BCUT2D eigenvalue weighted by molar-refractivity contribution is -0.385. The molecule has 0 aliphatic heterocycles. The zero-order chi connectivity index (χ0) is 15.6. The second-order valence-electron chi connectivity index (χ2n) is 4.01. The van der Waals surface area contributed by atoms with E-state index in [0.717, 1.165) is 0 Å². The van der Waals surface area contributed by atoms with Gasteiger partial charge >= 0.3 is 5.69 Å². The number of aromatic nitrogens is 2. The molecule has 0 aliphatic rings. The van der Waals surface area contributed by atoms with Crippen LogP contribution in [-0.4, -0.2) is 22.0 Å². The standard InChI is InChI=1S/C12H10Cl2N4O3/c1-6-10(18(19)20)11(17-12(14)15-6)16-7-3-4-8(13)9(5-7)21-2/h3-5H,1-2H3,(H,15,16,17). The number of anilines is 2. The van der Waals surface area contributed by atoms with Gasteiger partial charge in [-0.3, -0.25) is 10.1 Å². The molecule has 0 radical (unpaired) electrons. The molecule has 2 aromatic rings. The molecule has 0 fully saturated rings. The van der Waals surface area contributed by atoms with E-state index in [1.807, 2.05) is 0 Å². The molecule has 110 valence electrons. The highest BCUT2D eigenvalue weighted by molar-refractivity contribution is 6.32. The van der Waals surface area contributed by atoms with Crippen LogP contribution < -0.4 is 10.1 Å². The summed E-state index contributed by atoms with van der Waals surface area (Å²) < 4.78 is 5.08.